The van der Waals surface area contributed by atoms with Crippen LogP contribution in [0, 0.1) is 5.82 Å². The third-order valence-corrected chi connectivity index (χ3v) is 5.92. The summed E-state index contributed by atoms with van der Waals surface area (Å²) in [5.41, 5.74) is 0.416. The van der Waals surface area contributed by atoms with Crippen LogP contribution in [0.2, 0.25) is 0 Å². The van der Waals surface area contributed by atoms with Crippen molar-refractivity contribution < 1.29 is 26.7 Å². The van der Waals surface area contributed by atoms with E-state index in [1.54, 1.807) is 18.0 Å². The van der Waals surface area contributed by atoms with Crippen LogP contribution in [0.4, 0.5) is 17.6 Å². The number of benzene rings is 2. The zero-order valence-electron chi connectivity index (χ0n) is 18.3. The van der Waals surface area contributed by atoms with Crippen molar-refractivity contribution in [3.05, 3.63) is 89.1 Å². The molecule has 0 amide bonds. The van der Waals surface area contributed by atoms with E-state index in [-0.39, 0.29) is 18.1 Å². The lowest BCUT2D eigenvalue weighted by molar-refractivity contribution is -0.137. The second-order valence-electron chi connectivity index (χ2n) is 7.42. The lowest BCUT2D eigenvalue weighted by Gasteiger charge is -2.07. The highest BCUT2D eigenvalue weighted by Gasteiger charge is 2.30. The molecule has 2 heterocycles. The Hall–Kier alpha value is -3.60. The number of nitrogens with zero attached hydrogens (tertiary/aromatic N) is 3. The van der Waals surface area contributed by atoms with Gasteiger partial charge in [0, 0.05) is 16.5 Å². The van der Waals surface area contributed by atoms with Crippen molar-refractivity contribution in [3.8, 4) is 5.75 Å². The number of H-pyrrole nitrogens is 1. The van der Waals surface area contributed by atoms with Gasteiger partial charge in [-0.25, -0.2) is 9.37 Å². The zero-order valence-corrected chi connectivity index (χ0v) is 19.1. The van der Waals surface area contributed by atoms with Crippen LogP contribution in [0.25, 0.3) is 12.2 Å². The fourth-order valence-corrected chi connectivity index (χ4v) is 3.90. The highest BCUT2D eigenvalue weighted by molar-refractivity contribution is 7.99. The molecule has 0 aliphatic carbocycles. The normalized spacial score (nSPS) is 11.9. The van der Waals surface area contributed by atoms with E-state index in [1.165, 1.54) is 18.4 Å². The molecule has 0 atom stereocenters. The molecular weight excluding hydrogens is 484 g/mol. The van der Waals surface area contributed by atoms with Gasteiger partial charge >= 0.3 is 6.18 Å². The summed E-state index contributed by atoms with van der Waals surface area (Å²) in [6.07, 6.45) is 3.07. The van der Waals surface area contributed by atoms with Crippen molar-refractivity contribution in [2.45, 2.75) is 30.5 Å². The molecule has 11 heteroatoms. The zero-order chi connectivity index (χ0) is 24.7. The highest BCUT2D eigenvalue weighted by atomic mass is 32.2. The summed E-state index contributed by atoms with van der Waals surface area (Å²) >= 11 is 1.74. The predicted molar refractivity (Wildman–Crippen MR) is 123 cm³/mol. The number of rotatable bonds is 10. The van der Waals surface area contributed by atoms with Crippen molar-refractivity contribution in [3.63, 3.8) is 0 Å². The average molecular weight is 505 g/mol. The third-order valence-electron chi connectivity index (χ3n) is 4.82. The monoisotopic (exact) mass is 504 g/mol. The number of ether oxygens (including phenoxy) is 1. The SMILES string of the molecule is Fc1cc(C(F)(F)F)ccc1/C=C/c1nc(COc2ccc(SCCCc3cn[nH]n3)cc2)co1. The Morgan fingerprint density at radius 1 is 1.06 bits per heavy atom. The van der Waals surface area contributed by atoms with Crippen LogP contribution in [-0.4, -0.2) is 26.1 Å². The molecule has 35 heavy (non-hydrogen) atoms. The van der Waals surface area contributed by atoms with Crippen molar-refractivity contribution in [2.75, 3.05) is 5.75 Å². The molecule has 0 spiro atoms. The Morgan fingerprint density at radius 3 is 2.60 bits per heavy atom. The standard InChI is InChI=1S/C24H20F4N4O2S/c25-22-12-17(24(26,27)28)5-3-16(22)4-10-23-30-19(15-34-23)14-33-20-6-8-21(9-7-20)35-11-1-2-18-13-29-32-31-18/h3-10,12-13,15H,1-2,11,14H2,(H,29,31,32)/b10-4+. The van der Waals surface area contributed by atoms with Gasteiger partial charge in [0.25, 0.3) is 0 Å². The quantitative estimate of drug-likeness (QED) is 0.152. The Kier molecular flexibility index (Phi) is 7.86. The predicted octanol–water partition coefficient (Wildman–Crippen LogP) is 6.42. The van der Waals surface area contributed by atoms with Gasteiger partial charge in [0.2, 0.25) is 5.89 Å². The number of nitrogens with one attached hydrogen (secondary N) is 1. The number of aromatic amines is 1. The van der Waals surface area contributed by atoms with Crippen LogP contribution in [0.3, 0.4) is 0 Å². The minimum absolute atomic E-state index is 0.00916. The third kappa shape index (κ3) is 7.19. The average Bonchev–Trinajstić information content (AvgIpc) is 3.52. The van der Waals surface area contributed by atoms with Crippen LogP contribution in [0.5, 0.6) is 5.75 Å². The summed E-state index contributed by atoms with van der Waals surface area (Å²) in [5.74, 6) is 0.825. The first-order valence-corrected chi connectivity index (χ1v) is 11.5. The number of thioether (sulfide) groups is 1. The van der Waals surface area contributed by atoms with Gasteiger partial charge in [0.1, 0.15) is 30.1 Å². The molecule has 0 saturated carbocycles. The Balaban J connectivity index is 1.24. The van der Waals surface area contributed by atoms with Crippen LogP contribution in [0.1, 0.15) is 34.8 Å². The van der Waals surface area contributed by atoms with Crippen molar-refractivity contribution in [1.29, 1.82) is 0 Å². The Labute approximate surface area is 202 Å². The number of aromatic nitrogens is 4. The molecule has 1 N–H and O–H groups in total. The number of hydrogen-bond donors (Lipinski definition) is 1. The highest BCUT2D eigenvalue weighted by Crippen LogP contribution is 2.30. The van der Waals surface area contributed by atoms with Gasteiger partial charge in [0.05, 0.1) is 17.5 Å². The molecule has 0 aliphatic heterocycles. The van der Waals surface area contributed by atoms with E-state index in [9.17, 15) is 17.6 Å². The first kappa shape index (κ1) is 24.5. The molecule has 2 aromatic heterocycles. The van der Waals surface area contributed by atoms with E-state index in [2.05, 4.69) is 20.4 Å². The fourth-order valence-electron chi connectivity index (χ4n) is 3.04. The summed E-state index contributed by atoms with van der Waals surface area (Å²) in [4.78, 5) is 5.35. The summed E-state index contributed by atoms with van der Waals surface area (Å²) in [5, 5.41) is 10.4. The van der Waals surface area contributed by atoms with Gasteiger partial charge in [-0.1, -0.05) is 6.07 Å². The summed E-state index contributed by atoms with van der Waals surface area (Å²) in [6.45, 7) is 0.163. The summed E-state index contributed by atoms with van der Waals surface area (Å²) in [7, 11) is 0. The molecule has 6 nitrogen and oxygen atoms in total. The minimum atomic E-state index is -4.60. The number of oxazole rings is 1. The van der Waals surface area contributed by atoms with Gasteiger partial charge < -0.3 is 9.15 Å². The molecule has 4 aromatic rings. The molecule has 2 aromatic carbocycles. The lowest BCUT2D eigenvalue weighted by Crippen LogP contribution is -2.05. The van der Waals surface area contributed by atoms with E-state index in [0.29, 0.717) is 17.5 Å². The second kappa shape index (κ2) is 11.2. The van der Waals surface area contributed by atoms with E-state index in [1.807, 2.05) is 24.3 Å². The van der Waals surface area contributed by atoms with E-state index < -0.39 is 17.6 Å². The van der Waals surface area contributed by atoms with Crippen LogP contribution in [0.15, 0.2) is 64.2 Å². The number of alkyl halides is 3. The first-order valence-electron chi connectivity index (χ1n) is 10.6. The smallest absolute Gasteiger partial charge is 0.416 e. The Bertz CT molecular complexity index is 1260. The maximum absolute atomic E-state index is 13.9. The minimum Gasteiger partial charge on any atom is -0.487 e. The van der Waals surface area contributed by atoms with Gasteiger partial charge in [-0.2, -0.15) is 28.6 Å². The molecule has 0 bridgehead atoms. The number of aryl methyl sites for hydroxylation is 1. The van der Waals surface area contributed by atoms with Crippen LogP contribution >= 0.6 is 11.8 Å². The fraction of sp³-hybridized carbons (Fsp3) is 0.208. The van der Waals surface area contributed by atoms with E-state index >= 15 is 0 Å². The number of halogens is 4. The van der Waals surface area contributed by atoms with Gasteiger partial charge in [-0.3, -0.25) is 0 Å². The summed E-state index contributed by atoms with van der Waals surface area (Å²) < 4.78 is 62.9. The van der Waals surface area contributed by atoms with Crippen LogP contribution in [-0.2, 0) is 19.2 Å². The van der Waals surface area contributed by atoms with Gasteiger partial charge in [0.15, 0.2) is 0 Å². The summed E-state index contributed by atoms with van der Waals surface area (Å²) in [6, 6.07) is 10.0. The Morgan fingerprint density at radius 2 is 1.89 bits per heavy atom. The van der Waals surface area contributed by atoms with Crippen molar-refractivity contribution in [1.82, 2.24) is 20.4 Å². The molecule has 0 saturated heterocycles. The van der Waals surface area contributed by atoms with Crippen molar-refractivity contribution in [2.24, 2.45) is 0 Å². The van der Waals surface area contributed by atoms with Gasteiger partial charge in [-0.05, 0) is 61.1 Å². The maximum Gasteiger partial charge on any atom is 0.416 e. The molecule has 0 fully saturated rings. The molecule has 0 aliphatic rings. The molecule has 182 valence electrons. The second-order valence-corrected chi connectivity index (χ2v) is 8.59. The largest absolute Gasteiger partial charge is 0.487 e. The first-order chi connectivity index (χ1) is 16.9. The topological polar surface area (TPSA) is 76.8 Å². The number of hydrogen-bond acceptors (Lipinski definition) is 6. The van der Waals surface area contributed by atoms with Crippen LogP contribution < -0.4 is 4.74 Å². The molecule has 4 rings (SSSR count). The van der Waals surface area contributed by atoms with E-state index in [0.717, 1.165) is 41.3 Å². The van der Waals surface area contributed by atoms with Crippen molar-refractivity contribution >= 4 is 23.9 Å². The maximum atomic E-state index is 13.9. The van der Waals surface area contributed by atoms with Gasteiger partial charge in [-0.15, -0.1) is 11.8 Å². The molecular formula is C24H20F4N4O2S. The van der Waals surface area contributed by atoms with E-state index in [4.69, 9.17) is 9.15 Å². The molecule has 0 unspecified atom stereocenters. The lowest BCUT2D eigenvalue weighted by atomic mass is 10.1. The molecule has 0 radical (unpaired) electrons.